The molecule has 1 fully saturated rings. The van der Waals surface area contributed by atoms with E-state index in [4.69, 9.17) is 16.7 Å². The minimum Gasteiger partial charge on any atom is -0.331 e. The summed E-state index contributed by atoms with van der Waals surface area (Å²) in [6, 6.07) is 9.03. The number of anilines is 1. The zero-order valence-corrected chi connectivity index (χ0v) is 26.0. The van der Waals surface area contributed by atoms with E-state index in [2.05, 4.69) is 27.1 Å². The number of aryl methyl sites for hydroxylation is 1. The highest BCUT2D eigenvalue weighted by Gasteiger charge is 2.35. The lowest BCUT2D eigenvalue weighted by Crippen LogP contribution is -2.40. The molecule has 228 valence electrons. The number of fused-ring (bicyclic) bond motifs is 2. The normalized spacial score (nSPS) is 21.1. The van der Waals surface area contributed by atoms with E-state index in [1.165, 1.54) is 11.3 Å². The van der Waals surface area contributed by atoms with Gasteiger partial charge in [-0.25, -0.2) is 18.7 Å². The van der Waals surface area contributed by atoms with Gasteiger partial charge in [0.05, 0.1) is 23.6 Å². The van der Waals surface area contributed by atoms with Crippen molar-refractivity contribution in [3.05, 3.63) is 82.0 Å². The Balaban J connectivity index is 1.24. The van der Waals surface area contributed by atoms with Gasteiger partial charge in [-0.2, -0.15) is 5.10 Å². The number of alkyl halides is 2. The number of imidazole rings is 1. The van der Waals surface area contributed by atoms with E-state index in [9.17, 15) is 13.6 Å². The van der Waals surface area contributed by atoms with Crippen LogP contribution in [0.15, 0.2) is 54.4 Å². The number of hydrogen-bond acceptors (Lipinski definition) is 6. The topological polar surface area (TPSA) is 80.9 Å². The van der Waals surface area contributed by atoms with Crippen molar-refractivity contribution in [2.24, 2.45) is 0 Å². The number of aromatic nitrogens is 5. The van der Waals surface area contributed by atoms with Crippen molar-refractivity contribution in [1.29, 1.82) is 0 Å². The maximum absolute atomic E-state index is 15.0. The first-order valence-electron chi connectivity index (χ1n) is 14.8. The third-order valence-electron chi connectivity index (χ3n) is 8.91. The smallest absolute Gasteiger partial charge is 0.257 e. The van der Waals surface area contributed by atoms with Gasteiger partial charge in [0.1, 0.15) is 17.9 Å². The van der Waals surface area contributed by atoms with E-state index in [0.29, 0.717) is 33.6 Å². The van der Waals surface area contributed by atoms with E-state index >= 15 is 0 Å². The second kappa shape index (κ2) is 11.7. The van der Waals surface area contributed by atoms with Gasteiger partial charge in [0, 0.05) is 53.3 Å². The fraction of sp³-hybridized carbons (Fsp3) is 0.375. The van der Waals surface area contributed by atoms with Gasteiger partial charge < -0.3 is 9.47 Å². The van der Waals surface area contributed by atoms with Gasteiger partial charge in [-0.3, -0.25) is 14.8 Å². The molecule has 12 heteroatoms. The van der Waals surface area contributed by atoms with Crippen LogP contribution >= 0.6 is 22.9 Å². The predicted molar refractivity (Wildman–Crippen MR) is 169 cm³/mol. The summed E-state index contributed by atoms with van der Waals surface area (Å²) in [6.07, 6.45) is 4.04. The number of amides is 1. The number of nitrogens with zero attached hydrogens (tertiary/aromatic N) is 6. The van der Waals surface area contributed by atoms with Crippen LogP contribution in [-0.2, 0) is 17.8 Å². The second-order valence-corrected chi connectivity index (χ2v) is 12.9. The molecule has 5 heterocycles. The number of rotatable bonds is 7. The van der Waals surface area contributed by atoms with Crippen molar-refractivity contribution >= 4 is 44.9 Å². The van der Waals surface area contributed by atoms with Crippen LogP contribution in [0.2, 0.25) is 5.02 Å². The number of piperidine rings is 1. The van der Waals surface area contributed by atoms with Crippen molar-refractivity contribution in [2.75, 3.05) is 25.0 Å². The number of carbonyl (C=O) groups is 1. The minimum atomic E-state index is -1.03. The molecule has 1 unspecified atom stereocenters. The molecule has 0 saturated carbocycles. The Morgan fingerprint density at radius 2 is 2.02 bits per heavy atom. The van der Waals surface area contributed by atoms with E-state index in [-0.39, 0.29) is 24.8 Å². The molecule has 0 radical (unpaired) electrons. The Morgan fingerprint density at radius 3 is 2.75 bits per heavy atom. The maximum Gasteiger partial charge on any atom is 0.257 e. The summed E-state index contributed by atoms with van der Waals surface area (Å²) in [5.41, 5.74) is 5.31. The average molecular weight is 636 g/mol. The molecule has 1 amide bonds. The largest absolute Gasteiger partial charge is 0.331 e. The van der Waals surface area contributed by atoms with Gasteiger partial charge in [-0.15, -0.1) is 11.3 Å². The Labute approximate surface area is 262 Å². The van der Waals surface area contributed by atoms with Crippen LogP contribution in [-0.4, -0.2) is 67.1 Å². The van der Waals surface area contributed by atoms with Crippen molar-refractivity contribution in [3.8, 4) is 11.1 Å². The minimum absolute atomic E-state index is 0.119. The summed E-state index contributed by atoms with van der Waals surface area (Å²) in [7, 11) is 0. The number of nitrogens with one attached hydrogen (secondary N) is 1. The number of halogens is 3. The lowest BCUT2D eigenvalue weighted by molar-refractivity contribution is -0.118. The van der Waals surface area contributed by atoms with Crippen molar-refractivity contribution in [1.82, 2.24) is 29.2 Å². The fourth-order valence-corrected chi connectivity index (χ4v) is 7.39. The van der Waals surface area contributed by atoms with E-state index in [1.54, 1.807) is 33.3 Å². The predicted octanol–water partition coefficient (Wildman–Crippen LogP) is 6.59. The molecule has 0 aliphatic carbocycles. The highest BCUT2D eigenvalue weighted by molar-refractivity contribution is 7.13. The molecule has 0 bridgehead atoms. The molecule has 7 rings (SSSR count). The molecule has 0 spiro atoms. The number of benzene rings is 2. The van der Waals surface area contributed by atoms with Crippen molar-refractivity contribution in [2.45, 2.75) is 57.5 Å². The van der Waals surface area contributed by atoms with Gasteiger partial charge >= 0.3 is 0 Å². The summed E-state index contributed by atoms with van der Waals surface area (Å²) in [5, 5.41) is 11.2. The van der Waals surface area contributed by atoms with Crippen LogP contribution in [0, 0.1) is 6.92 Å². The lowest BCUT2D eigenvalue weighted by Gasteiger charge is -2.34. The zero-order valence-electron chi connectivity index (χ0n) is 24.4. The Kier molecular flexibility index (Phi) is 7.72. The Morgan fingerprint density at radius 1 is 1.20 bits per heavy atom. The molecular weight excluding hydrogens is 604 g/mol. The molecule has 2 aromatic carbocycles. The van der Waals surface area contributed by atoms with Gasteiger partial charge in [-0.05, 0) is 49.2 Å². The van der Waals surface area contributed by atoms with E-state index < -0.39 is 18.4 Å². The highest BCUT2D eigenvalue weighted by atomic mass is 35.5. The molecule has 1 saturated heterocycles. The van der Waals surface area contributed by atoms with Crippen LogP contribution in [0.5, 0.6) is 0 Å². The summed E-state index contributed by atoms with van der Waals surface area (Å²) >= 11 is 8.33. The number of hydrogen-bond donors (Lipinski definition) is 1. The van der Waals surface area contributed by atoms with Crippen LogP contribution in [0.3, 0.4) is 0 Å². The van der Waals surface area contributed by atoms with Gasteiger partial charge in [0.25, 0.3) is 5.91 Å². The molecule has 44 heavy (non-hydrogen) atoms. The first kappa shape index (κ1) is 29.1. The summed E-state index contributed by atoms with van der Waals surface area (Å²) in [5.74, 6) is -0.496. The summed E-state index contributed by atoms with van der Waals surface area (Å²) in [6.45, 7) is 6.47. The quantitative estimate of drug-likeness (QED) is 0.218. The Bertz CT molecular complexity index is 1820. The zero-order chi connectivity index (χ0) is 30.5. The molecule has 4 atom stereocenters. The lowest BCUT2D eigenvalue weighted by atomic mass is 9.87. The van der Waals surface area contributed by atoms with E-state index in [0.717, 1.165) is 47.2 Å². The second-order valence-electron chi connectivity index (χ2n) is 11.6. The van der Waals surface area contributed by atoms with Gasteiger partial charge in [-0.1, -0.05) is 42.8 Å². The molecule has 3 aromatic heterocycles. The molecule has 2 aliphatic rings. The maximum atomic E-state index is 15.0. The van der Waals surface area contributed by atoms with Crippen LogP contribution < -0.4 is 5.32 Å². The molecule has 1 N–H and O–H groups in total. The highest BCUT2D eigenvalue weighted by Crippen LogP contribution is 2.39. The first-order valence-corrected chi connectivity index (χ1v) is 16.1. The SMILES string of the molecule is CCN1CC[C@@H](c2ccc(-c3cc(C)c4cn(C(C(=O)Nc5nccs5)c5ncn6c5C[C@@H](F)C6)nc4c3Cl)cc2)[C@H](F)C1. The third kappa shape index (κ3) is 5.20. The number of carbonyl (C=O) groups excluding carboxylic acids is 1. The number of likely N-dealkylation sites (tertiary alicyclic amines) is 1. The van der Waals surface area contributed by atoms with Crippen molar-refractivity contribution in [3.63, 3.8) is 0 Å². The van der Waals surface area contributed by atoms with Gasteiger partial charge in [0.15, 0.2) is 11.2 Å². The monoisotopic (exact) mass is 635 g/mol. The molecule has 2 aliphatic heterocycles. The number of thiazole rings is 1. The third-order valence-corrected chi connectivity index (χ3v) is 9.98. The first-order chi connectivity index (χ1) is 21.3. The fourth-order valence-electron chi connectivity index (χ4n) is 6.56. The van der Waals surface area contributed by atoms with Crippen LogP contribution in [0.4, 0.5) is 13.9 Å². The average Bonchev–Trinajstić information content (AvgIpc) is 3.82. The van der Waals surface area contributed by atoms with Gasteiger partial charge in [0.2, 0.25) is 0 Å². The standard InChI is InChI=1S/C32H32ClF2N7OS/c1-3-40-10-8-22(25(35)16-40)19-4-6-20(7-5-19)23-12-18(2)24-15-42(39-28(24)27(23)33)30(31(43)38-32-36-9-11-44-32)29-26-13-21(34)14-41(26)17-37-29/h4-7,9,11-12,15,17,21-22,25,30H,3,8,10,13-14,16H2,1-2H3,(H,36,38,43)/t21-,22+,25-,30?/m1/s1. The molecular formula is C32H32ClF2N7OS. The van der Waals surface area contributed by atoms with E-state index in [1.807, 2.05) is 37.3 Å². The van der Waals surface area contributed by atoms with Crippen LogP contribution in [0.25, 0.3) is 22.0 Å². The summed E-state index contributed by atoms with van der Waals surface area (Å²) in [4.78, 5) is 24.6. The van der Waals surface area contributed by atoms with Crippen LogP contribution in [0.1, 0.15) is 47.8 Å². The Hall–Kier alpha value is -3.67. The molecule has 8 nitrogen and oxygen atoms in total. The van der Waals surface area contributed by atoms with Crippen molar-refractivity contribution < 1.29 is 13.6 Å². The summed E-state index contributed by atoms with van der Waals surface area (Å²) < 4.78 is 32.6. The molecule has 5 aromatic rings.